The largest absolute Gasteiger partial charge is 0.365 e. The van der Waals surface area contributed by atoms with E-state index < -0.39 is 11.8 Å². The van der Waals surface area contributed by atoms with Crippen molar-refractivity contribution in [1.82, 2.24) is 20.3 Å². The molecule has 2 unspecified atom stereocenters. The van der Waals surface area contributed by atoms with Crippen LogP contribution in [0.2, 0.25) is 0 Å². The fraction of sp³-hybridized carbons (Fsp3) is 0.600. The summed E-state index contributed by atoms with van der Waals surface area (Å²) in [5.74, 6) is -2.65. The topological polar surface area (TPSA) is 65.6 Å². The van der Waals surface area contributed by atoms with Gasteiger partial charge in [-0.3, -0.25) is 0 Å². The maximum absolute atomic E-state index is 13.4. The number of aromatic amines is 1. The average Bonchev–Trinajstić information content (AvgIpc) is 2.94. The SMILES string of the molecule is C[C@H]1CCC(Nc2ncnc3[nH]cc(C4CC4(F)F)c23)CN1. The molecule has 1 saturated heterocycles. The minimum Gasteiger partial charge on any atom is -0.365 e. The highest BCUT2D eigenvalue weighted by molar-refractivity contribution is 5.91. The molecule has 2 aromatic heterocycles. The van der Waals surface area contributed by atoms with Gasteiger partial charge in [0.2, 0.25) is 0 Å². The van der Waals surface area contributed by atoms with Crippen LogP contribution < -0.4 is 10.6 Å². The molecule has 1 aliphatic carbocycles. The Labute approximate surface area is 126 Å². The first-order valence-electron chi connectivity index (χ1n) is 7.74. The number of fused-ring (bicyclic) bond motifs is 1. The zero-order chi connectivity index (χ0) is 15.3. The number of piperidine rings is 1. The fourth-order valence-corrected chi connectivity index (χ4v) is 3.24. The van der Waals surface area contributed by atoms with Gasteiger partial charge in [0, 0.05) is 31.2 Å². The van der Waals surface area contributed by atoms with E-state index in [0.717, 1.165) is 19.4 Å². The van der Waals surface area contributed by atoms with Crippen molar-refractivity contribution in [1.29, 1.82) is 0 Å². The molecular weight excluding hydrogens is 288 g/mol. The van der Waals surface area contributed by atoms with Gasteiger partial charge in [0.1, 0.15) is 17.8 Å². The molecule has 118 valence electrons. The van der Waals surface area contributed by atoms with Gasteiger partial charge in [-0.25, -0.2) is 18.7 Å². The molecule has 0 bridgehead atoms. The first-order chi connectivity index (χ1) is 10.5. The number of nitrogens with one attached hydrogen (secondary N) is 3. The molecule has 3 heterocycles. The zero-order valence-corrected chi connectivity index (χ0v) is 12.4. The van der Waals surface area contributed by atoms with Crippen LogP contribution in [0.4, 0.5) is 14.6 Å². The van der Waals surface area contributed by atoms with Gasteiger partial charge in [0.15, 0.2) is 0 Å². The van der Waals surface area contributed by atoms with E-state index in [-0.39, 0.29) is 12.5 Å². The Kier molecular flexibility index (Phi) is 3.07. The third-order valence-corrected chi connectivity index (χ3v) is 4.70. The van der Waals surface area contributed by atoms with Gasteiger partial charge in [-0.05, 0) is 25.3 Å². The number of nitrogens with zero attached hydrogens (tertiary/aromatic N) is 2. The number of H-pyrrole nitrogens is 1. The molecule has 22 heavy (non-hydrogen) atoms. The molecule has 2 aliphatic rings. The highest BCUT2D eigenvalue weighted by atomic mass is 19.3. The Hall–Kier alpha value is -1.76. The Morgan fingerprint density at radius 1 is 1.32 bits per heavy atom. The summed E-state index contributed by atoms with van der Waals surface area (Å²) in [5.41, 5.74) is 1.24. The van der Waals surface area contributed by atoms with Crippen molar-refractivity contribution in [3.8, 4) is 0 Å². The maximum atomic E-state index is 13.4. The van der Waals surface area contributed by atoms with E-state index in [9.17, 15) is 8.78 Å². The average molecular weight is 307 g/mol. The van der Waals surface area contributed by atoms with Crippen molar-refractivity contribution >= 4 is 16.9 Å². The second-order valence-corrected chi connectivity index (χ2v) is 6.44. The third-order valence-electron chi connectivity index (χ3n) is 4.70. The highest BCUT2D eigenvalue weighted by Crippen LogP contribution is 2.57. The number of rotatable bonds is 3. The Morgan fingerprint density at radius 2 is 2.14 bits per heavy atom. The van der Waals surface area contributed by atoms with Gasteiger partial charge < -0.3 is 15.6 Å². The summed E-state index contributed by atoms with van der Waals surface area (Å²) >= 11 is 0. The normalized spacial score (nSPS) is 30.4. The number of hydrogen-bond donors (Lipinski definition) is 3. The molecule has 4 rings (SSSR count). The number of hydrogen-bond acceptors (Lipinski definition) is 4. The van der Waals surface area contributed by atoms with E-state index in [1.807, 2.05) is 0 Å². The lowest BCUT2D eigenvalue weighted by molar-refractivity contribution is 0.112. The molecule has 1 saturated carbocycles. The Balaban J connectivity index is 1.64. The molecule has 0 spiro atoms. The summed E-state index contributed by atoms with van der Waals surface area (Å²) in [6, 6.07) is 0.785. The Morgan fingerprint density at radius 3 is 2.82 bits per heavy atom. The molecule has 0 amide bonds. The summed E-state index contributed by atoms with van der Waals surface area (Å²) in [6.07, 6.45) is 5.16. The molecule has 5 nitrogen and oxygen atoms in total. The van der Waals surface area contributed by atoms with Gasteiger partial charge in [0.05, 0.1) is 11.3 Å². The Bertz CT molecular complexity index is 690. The van der Waals surface area contributed by atoms with Crippen LogP contribution in [-0.4, -0.2) is 39.5 Å². The van der Waals surface area contributed by atoms with E-state index in [1.165, 1.54) is 6.33 Å². The van der Waals surface area contributed by atoms with Crippen molar-refractivity contribution in [2.45, 2.75) is 50.1 Å². The minimum absolute atomic E-state index is 0.0865. The van der Waals surface area contributed by atoms with E-state index in [4.69, 9.17) is 0 Å². The van der Waals surface area contributed by atoms with Crippen LogP contribution in [0.5, 0.6) is 0 Å². The van der Waals surface area contributed by atoms with Crippen LogP contribution in [0, 0.1) is 0 Å². The smallest absolute Gasteiger partial charge is 0.256 e. The van der Waals surface area contributed by atoms with Crippen LogP contribution in [-0.2, 0) is 0 Å². The van der Waals surface area contributed by atoms with Crippen LogP contribution in [0.25, 0.3) is 11.0 Å². The van der Waals surface area contributed by atoms with E-state index in [0.29, 0.717) is 28.5 Å². The zero-order valence-electron chi connectivity index (χ0n) is 12.4. The third kappa shape index (κ3) is 2.33. The predicted molar refractivity (Wildman–Crippen MR) is 80.3 cm³/mol. The first kappa shape index (κ1) is 13.9. The lowest BCUT2D eigenvalue weighted by atomic mass is 10.0. The highest BCUT2D eigenvalue weighted by Gasteiger charge is 2.58. The molecule has 0 aromatic carbocycles. The quantitative estimate of drug-likeness (QED) is 0.815. The second-order valence-electron chi connectivity index (χ2n) is 6.44. The second kappa shape index (κ2) is 4.87. The summed E-state index contributed by atoms with van der Waals surface area (Å²) < 4.78 is 26.9. The van der Waals surface area contributed by atoms with Crippen molar-refractivity contribution < 1.29 is 8.78 Å². The summed E-state index contributed by atoms with van der Waals surface area (Å²) in [6.45, 7) is 3.02. The molecule has 2 aromatic rings. The minimum atomic E-state index is -2.59. The van der Waals surface area contributed by atoms with Crippen molar-refractivity contribution in [3.05, 3.63) is 18.1 Å². The fourth-order valence-electron chi connectivity index (χ4n) is 3.24. The van der Waals surface area contributed by atoms with Crippen molar-refractivity contribution in [2.75, 3.05) is 11.9 Å². The molecule has 3 atom stereocenters. The van der Waals surface area contributed by atoms with Crippen LogP contribution >= 0.6 is 0 Å². The number of alkyl halides is 2. The maximum Gasteiger partial charge on any atom is 0.256 e. The lowest BCUT2D eigenvalue weighted by Gasteiger charge is -2.28. The predicted octanol–water partition coefficient (Wildman–Crippen LogP) is 2.63. The monoisotopic (exact) mass is 307 g/mol. The summed E-state index contributed by atoms with van der Waals surface area (Å²) in [4.78, 5) is 11.4. The molecule has 1 aliphatic heterocycles. The molecule has 2 fully saturated rings. The molecule has 0 radical (unpaired) electrons. The molecule has 7 heteroatoms. The van der Waals surface area contributed by atoms with Gasteiger partial charge >= 0.3 is 0 Å². The van der Waals surface area contributed by atoms with E-state index >= 15 is 0 Å². The number of anilines is 1. The summed E-state index contributed by atoms with van der Waals surface area (Å²) in [7, 11) is 0. The molecule has 3 N–H and O–H groups in total. The van der Waals surface area contributed by atoms with Crippen LogP contribution in [0.15, 0.2) is 12.5 Å². The standard InChI is InChI=1S/C15H19F2N5/c1-8-2-3-9(5-18-8)22-14-12-10(11-4-15(11,16)17)6-19-13(12)20-7-21-14/h6-9,11,18H,2-5H2,1H3,(H2,19,20,21,22)/t8-,9?,11?/m0/s1. The summed E-state index contributed by atoms with van der Waals surface area (Å²) in [5, 5.41) is 7.54. The molecular formula is C15H19F2N5. The lowest BCUT2D eigenvalue weighted by Crippen LogP contribution is -2.43. The number of aromatic nitrogens is 3. The van der Waals surface area contributed by atoms with E-state index in [2.05, 4.69) is 32.5 Å². The van der Waals surface area contributed by atoms with Crippen LogP contribution in [0.1, 0.15) is 37.7 Å². The van der Waals surface area contributed by atoms with Gasteiger partial charge in [0.25, 0.3) is 5.92 Å². The van der Waals surface area contributed by atoms with E-state index in [1.54, 1.807) is 6.20 Å². The van der Waals surface area contributed by atoms with Crippen molar-refractivity contribution in [2.24, 2.45) is 0 Å². The van der Waals surface area contributed by atoms with Gasteiger partial charge in [-0.2, -0.15) is 0 Å². The first-order valence-corrected chi connectivity index (χ1v) is 7.74. The van der Waals surface area contributed by atoms with Crippen LogP contribution in [0.3, 0.4) is 0 Å². The van der Waals surface area contributed by atoms with Gasteiger partial charge in [-0.1, -0.05) is 0 Å². The van der Waals surface area contributed by atoms with Gasteiger partial charge in [-0.15, -0.1) is 0 Å². The van der Waals surface area contributed by atoms with Crippen molar-refractivity contribution in [3.63, 3.8) is 0 Å². The number of halogens is 2.